The van der Waals surface area contributed by atoms with Crippen LogP contribution in [0, 0.1) is 0 Å². The van der Waals surface area contributed by atoms with E-state index in [0.29, 0.717) is 0 Å². The topological polar surface area (TPSA) is 0 Å². The molecule has 2 aliphatic rings. The van der Waals surface area contributed by atoms with Crippen molar-refractivity contribution in [3.05, 3.63) is 87.3 Å². The summed E-state index contributed by atoms with van der Waals surface area (Å²) in [7, 11) is 0. The number of allylic oxidation sites excluding steroid dienone is 4. The Balaban J connectivity index is 0.00000140. The van der Waals surface area contributed by atoms with Crippen LogP contribution in [0.5, 0.6) is 0 Å². The Morgan fingerprint density at radius 1 is 0.964 bits per heavy atom. The van der Waals surface area contributed by atoms with Gasteiger partial charge in [-0.25, -0.2) is 0 Å². The van der Waals surface area contributed by atoms with Crippen LogP contribution in [-0.4, -0.2) is 3.21 Å². The molecule has 0 saturated carbocycles. The molecule has 0 heterocycles. The first-order valence-electron chi connectivity index (χ1n) is 9.21. The smallest absolute Gasteiger partial charge is 1.00 e. The number of hydrogen-bond donors (Lipinski definition) is 0. The van der Waals surface area contributed by atoms with Crippen LogP contribution in [0.3, 0.4) is 0 Å². The SMILES string of the molecule is C=Cc1ccc2c(c1)-c1cc(C=C)c[c]([Zr+2]([C]3=CC=CC3)=[C](C)C)c1C2.[Cl-].[Cl-]. The number of halogens is 2. The van der Waals surface area contributed by atoms with E-state index in [4.69, 9.17) is 0 Å². The molecule has 0 amide bonds. The normalized spacial score (nSPS) is 12.5. The van der Waals surface area contributed by atoms with E-state index in [1.54, 1.807) is 15.3 Å². The Labute approximate surface area is 188 Å². The van der Waals surface area contributed by atoms with Gasteiger partial charge in [0.25, 0.3) is 0 Å². The van der Waals surface area contributed by atoms with E-state index >= 15 is 0 Å². The fourth-order valence-electron chi connectivity index (χ4n) is 4.18. The third-order valence-corrected chi connectivity index (χ3v) is 12.8. The third kappa shape index (κ3) is 4.04. The van der Waals surface area contributed by atoms with Gasteiger partial charge in [0.05, 0.1) is 0 Å². The van der Waals surface area contributed by atoms with Crippen LogP contribution < -0.4 is 28.1 Å². The number of fused-ring (bicyclic) bond motifs is 3. The molecule has 0 nitrogen and oxygen atoms in total. The molecule has 0 N–H and O–H groups in total. The van der Waals surface area contributed by atoms with Gasteiger partial charge >= 0.3 is 165 Å². The molecule has 0 fully saturated rings. The van der Waals surface area contributed by atoms with Crippen LogP contribution in [0.15, 0.2) is 65.0 Å². The van der Waals surface area contributed by atoms with Gasteiger partial charge in [-0.15, -0.1) is 0 Å². The summed E-state index contributed by atoms with van der Waals surface area (Å²) >= 11 is -2.01. The van der Waals surface area contributed by atoms with E-state index in [2.05, 4.69) is 75.6 Å². The average Bonchev–Trinajstić information content (AvgIpc) is 3.28. The van der Waals surface area contributed by atoms with Gasteiger partial charge in [-0.3, -0.25) is 0 Å². The second kappa shape index (κ2) is 9.49. The summed E-state index contributed by atoms with van der Waals surface area (Å²) in [6.45, 7) is 12.7. The summed E-state index contributed by atoms with van der Waals surface area (Å²) in [5, 5.41) is 0. The average molecular weight is 487 g/mol. The van der Waals surface area contributed by atoms with Gasteiger partial charge in [0.15, 0.2) is 0 Å². The van der Waals surface area contributed by atoms with Crippen molar-refractivity contribution in [1.82, 2.24) is 0 Å². The molecule has 0 aliphatic heterocycles. The van der Waals surface area contributed by atoms with Crippen LogP contribution in [-0.2, 0) is 27.7 Å². The number of hydrogen-bond acceptors (Lipinski definition) is 0. The van der Waals surface area contributed by atoms with Crippen molar-refractivity contribution >= 4 is 18.6 Å². The van der Waals surface area contributed by atoms with Gasteiger partial charge in [-0.05, 0) is 0 Å². The standard InChI is InChI=1S/C17H13.C5H5.C3H6.2ClH.Zr/c1-3-12-5-7-14-11-15-8-6-13(4-2)10-17(15)16(14)9-12;1-2-4-5-3-1;1-3-2;;;/h3-7,9-10H,1-2,11H2;1-3H,4H2;1-2H3;2*1H;/q;;;;;+2/p-2. The van der Waals surface area contributed by atoms with Crippen molar-refractivity contribution in [3.63, 3.8) is 0 Å². The maximum absolute atomic E-state index is 4.06. The maximum Gasteiger partial charge on any atom is -1.00 e. The minimum absolute atomic E-state index is 0. The van der Waals surface area contributed by atoms with E-state index in [1.807, 2.05) is 12.2 Å². The summed E-state index contributed by atoms with van der Waals surface area (Å²) in [5.74, 6) is 0. The molecule has 2 aromatic carbocycles. The molecular weight excluding hydrogens is 462 g/mol. The summed E-state index contributed by atoms with van der Waals surface area (Å²) in [4.78, 5) is 0. The van der Waals surface area contributed by atoms with Crippen molar-refractivity contribution in [3.8, 4) is 11.1 Å². The summed E-state index contributed by atoms with van der Waals surface area (Å²) in [6.07, 6.45) is 13.1. The Hall–Kier alpha value is -1.27. The quantitative estimate of drug-likeness (QED) is 0.482. The molecule has 0 spiro atoms. The molecule has 4 rings (SSSR count). The minimum Gasteiger partial charge on any atom is -1.00 e. The molecule has 0 radical (unpaired) electrons. The van der Waals surface area contributed by atoms with Gasteiger partial charge in [0.1, 0.15) is 0 Å². The second-order valence-corrected chi connectivity index (χ2v) is 14.5. The largest absolute Gasteiger partial charge is 1.00 e. The van der Waals surface area contributed by atoms with Crippen LogP contribution >= 0.6 is 0 Å². The molecule has 3 heteroatoms. The first kappa shape index (κ1) is 23.0. The predicted octanol–water partition coefficient (Wildman–Crippen LogP) is -0.149. The third-order valence-electron chi connectivity index (χ3n) is 5.40. The fraction of sp³-hybridized carbons (Fsp3) is 0.160. The zero-order chi connectivity index (χ0) is 18.3. The van der Waals surface area contributed by atoms with E-state index in [0.717, 1.165) is 12.8 Å². The summed E-state index contributed by atoms with van der Waals surface area (Å²) < 4.78 is 4.98. The van der Waals surface area contributed by atoms with E-state index in [9.17, 15) is 0 Å². The molecule has 0 saturated heterocycles. The van der Waals surface area contributed by atoms with Crippen molar-refractivity contribution in [2.24, 2.45) is 0 Å². The molecule has 142 valence electrons. The first-order valence-corrected chi connectivity index (χ1v) is 12.9. The van der Waals surface area contributed by atoms with E-state index in [1.165, 1.54) is 27.8 Å². The van der Waals surface area contributed by atoms with Crippen LogP contribution in [0.25, 0.3) is 23.3 Å². The maximum atomic E-state index is 4.06. The Morgan fingerprint density at radius 3 is 2.29 bits per heavy atom. The molecule has 28 heavy (non-hydrogen) atoms. The summed E-state index contributed by atoms with van der Waals surface area (Å²) in [6, 6.07) is 11.5. The minimum atomic E-state index is -2.01. The van der Waals surface area contributed by atoms with Gasteiger partial charge in [-0.1, -0.05) is 0 Å². The fourth-order valence-corrected chi connectivity index (χ4v) is 11.4. The van der Waals surface area contributed by atoms with Crippen molar-refractivity contribution in [2.45, 2.75) is 26.7 Å². The molecule has 2 aliphatic carbocycles. The van der Waals surface area contributed by atoms with Gasteiger partial charge < -0.3 is 24.8 Å². The first-order chi connectivity index (χ1) is 12.6. The molecular formula is C25H24Cl2Zr. The Morgan fingerprint density at radius 2 is 1.68 bits per heavy atom. The van der Waals surface area contributed by atoms with Crippen LogP contribution in [0.1, 0.15) is 42.5 Å². The number of benzene rings is 2. The zero-order valence-corrected chi connectivity index (χ0v) is 20.3. The molecule has 2 aromatic rings. The van der Waals surface area contributed by atoms with Crippen LogP contribution in [0.2, 0.25) is 0 Å². The molecule has 0 aromatic heterocycles. The van der Waals surface area contributed by atoms with E-state index < -0.39 is 21.3 Å². The zero-order valence-electron chi connectivity index (χ0n) is 16.4. The molecule has 0 atom stereocenters. The number of rotatable bonds is 4. The van der Waals surface area contributed by atoms with E-state index in [-0.39, 0.29) is 24.8 Å². The van der Waals surface area contributed by atoms with Gasteiger partial charge in [0, 0.05) is 0 Å². The van der Waals surface area contributed by atoms with Crippen LogP contribution in [0.4, 0.5) is 0 Å². The summed E-state index contributed by atoms with van der Waals surface area (Å²) in [5.41, 5.74) is 8.26. The van der Waals surface area contributed by atoms with Gasteiger partial charge in [0.2, 0.25) is 0 Å². The van der Waals surface area contributed by atoms with Gasteiger partial charge in [-0.2, -0.15) is 0 Å². The van der Waals surface area contributed by atoms with Crippen molar-refractivity contribution < 1.29 is 46.1 Å². The Kier molecular flexibility index (Phi) is 7.80. The molecule has 0 unspecified atom stereocenters. The van der Waals surface area contributed by atoms with Crippen molar-refractivity contribution in [2.75, 3.05) is 0 Å². The Bertz CT molecular complexity index is 1030. The van der Waals surface area contributed by atoms with Crippen molar-refractivity contribution in [1.29, 1.82) is 0 Å². The second-order valence-electron chi connectivity index (χ2n) is 7.30. The predicted molar refractivity (Wildman–Crippen MR) is 113 cm³/mol. The molecule has 0 bridgehead atoms. The monoisotopic (exact) mass is 484 g/mol.